The third kappa shape index (κ3) is 4.77. The lowest BCUT2D eigenvalue weighted by Gasteiger charge is -2.31. The number of halogens is 1. The average molecular weight is 446 g/mol. The molecule has 8 heteroatoms. The van der Waals surface area contributed by atoms with E-state index in [1.54, 1.807) is 16.5 Å². The van der Waals surface area contributed by atoms with Gasteiger partial charge in [-0.2, -0.15) is 10.4 Å². The Labute approximate surface area is 191 Å². The lowest BCUT2D eigenvalue weighted by atomic mass is 9.97. The third-order valence-corrected chi connectivity index (χ3v) is 5.75. The number of esters is 1. The fourth-order valence-corrected chi connectivity index (χ4v) is 4.02. The number of likely N-dealkylation sites (tertiary alicyclic amines) is 1. The standard InChI is InChI=1S/C25H23FN4O3/c1-17-22(14-27)23(30(28-17)21-7-3-2-4-8-21)16-33-25(32)19-6-5-13-29(15-19)24(31)18-9-11-20(26)12-10-18/h2-4,7-12,19H,5-6,13,15-16H2,1H3. The van der Waals surface area contributed by atoms with E-state index in [9.17, 15) is 19.2 Å². The Balaban J connectivity index is 1.45. The second-order valence-corrected chi connectivity index (χ2v) is 7.97. The summed E-state index contributed by atoms with van der Waals surface area (Å²) in [5.41, 5.74) is 2.59. The van der Waals surface area contributed by atoms with E-state index < -0.39 is 17.7 Å². The zero-order chi connectivity index (χ0) is 23.4. The number of nitriles is 1. The molecule has 0 bridgehead atoms. The van der Waals surface area contributed by atoms with Crippen molar-refractivity contribution in [1.82, 2.24) is 14.7 Å². The fourth-order valence-electron chi connectivity index (χ4n) is 4.02. The second-order valence-electron chi connectivity index (χ2n) is 7.97. The van der Waals surface area contributed by atoms with Gasteiger partial charge in [-0.3, -0.25) is 9.59 Å². The molecule has 0 aliphatic carbocycles. The van der Waals surface area contributed by atoms with Gasteiger partial charge in [0.25, 0.3) is 5.91 Å². The van der Waals surface area contributed by atoms with E-state index >= 15 is 0 Å². The number of benzene rings is 2. The molecule has 1 saturated heterocycles. The summed E-state index contributed by atoms with van der Waals surface area (Å²) in [7, 11) is 0. The fraction of sp³-hybridized carbons (Fsp3) is 0.280. The van der Waals surface area contributed by atoms with Crippen LogP contribution in [0.2, 0.25) is 0 Å². The van der Waals surface area contributed by atoms with Crippen LogP contribution in [0.15, 0.2) is 54.6 Å². The van der Waals surface area contributed by atoms with Crippen molar-refractivity contribution in [2.24, 2.45) is 5.92 Å². The molecule has 0 radical (unpaired) electrons. The predicted octanol–water partition coefficient (Wildman–Crippen LogP) is 3.79. The monoisotopic (exact) mass is 446 g/mol. The van der Waals surface area contributed by atoms with Crippen LogP contribution in [-0.2, 0) is 16.1 Å². The maximum Gasteiger partial charge on any atom is 0.311 e. The molecule has 1 amide bonds. The van der Waals surface area contributed by atoms with Gasteiger partial charge in [-0.05, 0) is 56.2 Å². The normalized spacial score (nSPS) is 15.7. The quantitative estimate of drug-likeness (QED) is 0.557. The Hall–Kier alpha value is -3.99. The van der Waals surface area contributed by atoms with Gasteiger partial charge in [0.2, 0.25) is 0 Å². The minimum Gasteiger partial charge on any atom is -0.459 e. The molecule has 0 spiro atoms. The summed E-state index contributed by atoms with van der Waals surface area (Å²) in [5.74, 6) is -1.54. The molecule has 2 heterocycles. The first kappa shape index (κ1) is 22.2. The number of ether oxygens (including phenoxy) is 1. The maximum absolute atomic E-state index is 13.2. The Morgan fingerprint density at radius 3 is 2.61 bits per heavy atom. The first-order chi connectivity index (χ1) is 16.0. The molecule has 7 nitrogen and oxygen atoms in total. The van der Waals surface area contributed by atoms with Crippen molar-refractivity contribution in [3.63, 3.8) is 0 Å². The second kappa shape index (κ2) is 9.65. The zero-order valence-electron chi connectivity index (χ0n) is 18.2. The molecule has 1 aliphatic heterocycles. The zero-order valence-corrected chi connectivity index (χ0v) is 18.2. The highest BCUT2D eigenvalue weighted by molar-refractivity contribution is 5.94. The molecule has 0 saturated carbocycles. The maximum atomic E-state index is 13.2. The molecule has 3 aromatic rings. The van der Waals surface area contributed by atoms with Gasteiger partial charge >= 0.3 is 5.97 Å². The van der Waals surface area contributed by atoms with E-state index in [1.807, 2.05) is 30.3 Å². The van der Waals surface area contributed by atoms with Crippen molar-refractivity contribution >= 4 is 11.9 Å². The molecule has 1 atom stereocenters. The molecular weight excluding hydrogens is 423 g/mol. The summed E-state index contributed by atoms with van der Waals surface area (Å²) in [6.45, 7) is 2.40. The van der Waals surface area contributed by atoms with Crippen LogP contribution in [0.25, 0.3) is 5.69 Å². The van der Waals surface area contributed by atoms with Gasteiger partial charge < -0.3 is 9.64 Å². The molecule has 1 unspecified atom stereocenters. The largest absolute Gasteiger partial charge is 0.459 e. The van der Waals surface area contributed by atoms with E-state index in [0.29, 0.717) is 41.9 Å². The number of rotatable bonds is 5. The van der Waals surface area contributed by atoms with E-state index in [1.165, 1.54) is 24.3 Å². The summed E-state index contributed by atoms with van der Waals surface area (Å²) in [6.07, 6.45) is 1.27. The number of carbonyl (C=O) groups excluding carboxylic acids is 2. The van der Waals surface area contributed by atoms with Crippen LogP contribution in [0.4, 0.5) is 4.39 Å². The molecule has 4 rings (SSSR count). The van der Waals surface area contributed by atoms with Crippen LogP contribution < -0.4 is 0 Å². The van der Waals surface area contributed by atoms with E-state index in [-0.39, 0.29) is 19.1 Å². The van der Waals surface area contributed by atoms with Crippen LogP contribution in [0.1, 0.15) is 40.2 Å². The van der Waals surface area contributed by atoms with Gasteiger partial charge in [0, 0.05) is 18.7 Å². The van der Waals surface area contributed by atoms with Gasteiger partial charge in [-0.1, -0.05) is 18.2 Å². The molecule has 2 aromatic carbocycles. The number of para-hydroxylation sites is 1. The first-order valence-corrected chi connectivity index (χ1v) is 10.7. The van der Waals surface area contributed by atoms with Gasteiger partial charge in [-0.15, -0.1) is 0 Å². The predicted molar refractivity (Wildman–Crippen MR) is 118 cm³/mol. The van der Waals surface area contributed by atoms with E-state index in [2.05, 4.69) is 11.2 Å². The van der Waals surface area contributed by atoms with Gasteiger partial charge in [-0.25, -0.2) is 9.07 Å². The van der Waals surface area contributed by atoms with E-state index in [0.717, 1.165) is 5.69 Å². The minimum absolute atomic E-state index is 0.0974. The number of amides is 1. The molecule has 0 N–H and O–H groups in total. The van der Waals surface area contributed by atoms with Gasteiger partial charge in [0.1, 0.15) is 24.1 Å². The summed E-state index contributed by atoms with van der Waals surface area (Å²) in [6, 6.07) is 16.8. The minimum atomic E-state index is -0.470. The topological polar surface area (TPSA) is 88.2 Å². The number of hydrogen-bond acceptors (Lipinski definition) is 5. The van der Waals surface area contributed by atoms with Crippen LogP contribution in [-0.4, -0.2) is 39.6 Å². The highest BCUT2D eigenvalue weighted by atomic mass is 19.1. The van der Waals surface area contributed by atoms with Crippen molar-refractivity contribution in [3.8, 4) is 11.8 Å². The van der Waals surface area contributed by atoms with Crippen molar-refractivity contribution in [2.45, 2.75) is 26.4 Å². The van der Waals surface area contributed by atoms with Crippen molar-refractivity contribution in [1.29, 1.82) is 5.26 Å². The Morgan fingerprint density at radius 1 is 1.18 bits per heavy atom. The molecule has 168 valence electrons. The van der Waals surface area contributed by atoms with Gasteiger partial charge in [0.05, 0.1) is 23.0 Å². The lowest BCUT2D eigenvalue weighted by molar-refractivity contribution is -0.151. The van der Waals surface area contributed by atoms with Crippen molar-refractivity contribution in [3.05, 3.63) is 82.9 Å². The SMILES string of the molecule is Cc1nn(-c2ccccc2)c(COC(=O)C2CCCN(C(=O)c3ccc(F)cc3)C2)c1C#N. The summed E-state index contributed by atoms with van der Waals surface area (Å²) >= 11 is 0. The van der Waals surface area contributed by atoms with E-state index in [4.69, 9.17) is 4.74 Å². The summed E-state index contributed by atoms with van der Waals surface area (Å²) in [4.78, 5) is 27.2. The lowest BCUT2D eigenvalue weighted by Crippen LogP contribution is -2.42. The molecule has 33 heavy (non-hydrogen) atoms. The number of carbonyl (C=O) groups is 2. The highest BCUT2D eigenvalue weighted by Crippen LogP contribution is 2.23. The van der Waals surface area contributed by atoms with Crippen LogP contribution in [0.5, 0.6) is 0 Å². The van der Waals surface area contributed by atoms with Crippen LogP contribution in [0, 0.1) is 30.0 Å². The molecular formula is C25H23FN4O3. The molecule has 1 fully saturated rings. The number of hydrogen-bond donors (Lipinski definition) is 0. The van der Waals surface area contributed by atoms with Crippen LogP contribution >= 0.6 is 0 Å². The summed E-state index contributed by atoms with van der Waals surface area (Å²) < 4.78 is 20.4. The number of nitrogens with zero attached hydrogens (tertiary/aromatic N) is 4. The molecule has 1 aromatic heterocycles. The molecule has 1 aliphatic rings. The Bertz CT molecular complexity index is 1200. The number of aryl methyl sites for hydroxylation is 1. The third-order valence-electron chi connectivity index (χ3n) is 5.75. The Kier molecular flexibility index (Phi) is 6.50. The smallest absolute Gasteiger partial charge is 0.311 e. The van der Waals surface area contributed by atoms with Crippen molar-refractivity contribution < 1.29 is 18.7 Å². The average Bonchev–Trinajstić information content (AvgIpc) is 3.18. The Morgan fingerprint density at radius 2 is 1.91 bits per heavy atom. The van der Waals surface area contributed by atoms with Crippen molar-refractivity contribution in [2.75, 3.05) is 13.1 Å². The highest BCUT2D eigenvalue weighted by Gasteiger charge is 2.30. The summed E-state index contributed by atoms with van der Waals surface area (Å²) in [5, 5.41) is 14.0. The number of aromatic nitrogens is 2. The van der Waals surface area contributed by atoms with Gasteiger partial charge in [0.15, 0.2) is 0 Å². The number of piperidine rings is 1. The van der Waals surface area contributed by atoms with Crippen LogP contribution in [0.3, 0.4) is 0 Å². The first-order valence-electron chi connectivity index (χ1n) is 10.7.